The van der Waals surface area contributed by atoms with Gasteiger partial charge in [-0.05, 0) is 51.0 Å². The van der Waals surface area contributed by atoms with Crippen LogP contribution in [0.25, 0.3) is 5.69 Å². The number of rotatable bonds is 7. The Bertz CT molecular complexity index is 687. The van der Waals surface area contributed by atoms with E-state index < -0.39 is 0 Å². The molecule has 0 radical (unpaired) electrons. The number of carbonyl (C=O) groups is 1. The van der Waals surface area contributed by atoms with Crippen LogP contribution in [-0.4, -0.2) is 28.8 Å². The van der Waals surface area contributed by atoms with Crippen LogP contribution in [0, 0.1) is 0 Å². The Morgan fingerprint density at radius 3 is 2.42 bits per heavy atom. The van der Waals surface area contributed by atoms with E-state index in [4.69, 9.17) is 9.84 Å². The molecule has 0 aliphatic carbocycles. The average molecular weight is 329 g/mol. The number of nitrogens with one attached hydrogen (secondary N) is 1. The number of methoxy groups -OCH3 is 1. The van der Waals surface area contributed by atoms with Gasteiger partial charge in [0.05, 0.1) is 29.7 Å². The molecule has 0 saturated carbocycles. The summed E-state index contributed by atoms with van der Waals surface area (Å²) in [6, 6.07) is 7.84. The van der Waals surface area contributed by atoms with Crippen LogP contribution in [0.5, 0.6) is 5.75 Å². The van der Waals surface area contributed by atoms with Gasteiger partial charge in [0.1, 0.15) is 5.75 Å². The molecule has 2 aromatic rings. The second-order valence-electron chi connectivity index (χ2n) is 6.11. The number of benzene rings is 1. The standard InChI is InChI=1S/C19H27N3O2/c1-6-8-16-18(19(23)20-13(3)4)17(7-2)22(21-16)14-9-11-15(24-5)12-10-14/h9-13H,6-8H2,1-5H3,(H,20,23). The van der Waals surface area contributed by atoms with Gasteiger partial charge in [0.2, 0.25) is 0 Å². The monoisotopic (exact) mass is 329 g/mol. The minimum absolute atomic E-state index is 0.0370. The lowest BCUT2D eigenvalue weighted by Gasteiger charge is -2.11. The first-order valence-electron chi connectivity index (χ1n) is 8.57. The Morgan fingerprint density at radius 2 is 1.92 bits per heavy atom. The van der Waals surface area contributed by atoms with Gasteiger partial charge < -0.3 is 10.1 Å². The van der Waals surface area contributed by atoms with E-state index >= 15 is 0 Å². The normalized spacial score (nSPS) is 10.9. The minimum atomic E-state index is -0.0370. The molecule has 1 aromatic carbocycles. The molecule has 1 heterocycles. The topological polar surface area (TPSA) is 56.2 Å². The molecule has 0 fully saturated rings. The number of ether oxygens (including phenoxy) is 1. The van der Waals surface area contributed by atoms with Crippen LogP contribution in [0.2, 0.25) is 0 Å². The molecule has 1 amide bonds. The Morgan fingerprint density at radius 1 is 1.25 bits per heavy atom. The molecular weight excluding hydrogens is 302 g/mol. The summed E-state index contributed by atoms with van der Waals surface area (Å²) >= 11 is 0. The Kier molecular flexibility index (Phi) is 6.01. The summed E-state index contributed by atoms with van der Waals surface area (Å²) < 4.78 is 7.11. The molecule has 130 valence electrons. The zero-order valence-corrected chi connectivity index (χ0v) is 15.2. The van der Waals surface area contributed by atoms with Gasteiger partial charge in [0, 0.05) is 6.04 Å². The van der Waals surface area contributed by atoms with Crippen molar-refractivity contribution in [3.8, 4) is 11.4 Å². The zero-order valence-electron chi connectivity index (χ0n) is 15.2. The van der Waals surface area contributed by atoms with Gasteiger partial charge in [-0.2, -0.15) is 5.10 Å². The van der Waals surface area contributed by atoms with Crippen molar-refractivity contribution in [1.29, 1.82) is 0 Å². The molecule has 1 aromatic heterocycles. The van der Waals surface area contributed by atoms with Crippen LogP contribution >= 0.6 is 0 Å². The van der Waals surface area contributed by atoms with Crippen LogP contribution in [0.3, 0.4) is 0 Å². The number of carbonyl (C=O) groups excluding carboxylic acids is 1. The Hall–Kier alpha value is -2.30. The second kappa shape index (κ2) is 7.99. The van der Waals surface area contributed by atoms with Crippen molar-refractivity contribution < 1.29 is 9.53 Å². The molecule has 0 aliphatic heterocycles. The molecule has 0 saturated heterocycles. The number of aryl methyl sites for hydroxylation is 1. The summed E-state index contributed by atoms with van der Waals surface area (Å²) in [4.78, 5) is 12.7. The molecule has 0 bridgehead atoms. The van der Waals surface area contributed by atoms with Crippen LogP contribution in [0.1, 0.15) is 55.9 Å². The van der Waals surface area contributed by atoms with E-state index in [1.54, 1.807) is 7.11 Å². The average Bonchev–Trinajstić information content (AvgIpc) is 2.93. The second-order valence-corrected chi connectivity index (χ2v) is 6.11. The maximum Gasteiger partial charge on any atom is 0.255 e. The smallest absolute Gasteiger partial charge is 0.255 e. The summed E-state index contributed by atoms with van der Waals surface area (Å²) in [5.41, 5.74) is 3.47. The Labute approximate surface area is 144 Å². The van der Waals surface area contributed by atoms with Crippen molar-refractivity contribution in [2.24, 2.45) is 0 Å². The van der Waals surface area contributed by atoms with E-state index in [0.29, 0.717) is 0 Å². The molecule has 5 heteroatoms. The fraction of sp³-hybridized carbons (Fsp3) is 0.474. The highest BCUT2D eigenvalue weighted by molar-refractivity contribution is 5.96. The van der Waals surface area contributed by atoms with Gasteiger partial charge in [-0.15, -0.1) is 0 Å². The van der Waals surface area contributed by atoms with Gasteiger partial charge in [-0.25, -0.2) is 4.68 Å². The number of hydrogen-bond donors (Lipinski definition) is 1. The quantitative estimate of drug-likeness (QED) is 0.845. The van der Waals surface area contributed by atoms with Crippen molar-refractivity contribution in [2.75, 3.05) is 7.11 Å². The van der Waals surface area contributed by atoms with E-state index in [2.05, 4.69) is 19.2 Å². The summed E-state index contributed by atoms with van der Waals surface area (Å²) in [5, 5.41) is 7.74. The molecule has 1 N–H and O–H groups in total. The maximum atomic E-state index is 12.7. The van der Waals surface area contributed by atoms with Gasteiger partial charge >= 0.3 is 0 Å². The van der Waals surface area contributed by atoms with Crippen LogP contribution in [0.4, 0.5) is 0 Å². The van der Waals surface area contributed by atoms with Crippen LogP contribution in [-0.2, 0) is 12.8 Å². The first kappa shape index (κ1) is 18.0. The van der Waals surface area contributed by atoms with Gasteiger partial charge in [0.25, 0.3) is 5.91 Å². The number of amides is 1. The fourth-order valence-corrected chi connectivity index (χ4v) is 2.78. The van der Waals surface area contributed by atoms with Crippen molar-refractivity contribution in [2.45, 2.75) is 53.0 Å². The number of aromatic nitrogens is 2. The highest BCUT2D eigenvalue weighted by atomic mass is 16.5. The molecular formula is C19H27N3O2. The fourth-order valence-electron chi connectivity index (χ4n) is 2.78. The molecule has 0 atom stereocenters. The van der Waals surface area contributed by atoms with Crippen LogP contribution in [0.15, 0.2) is 24.3 Å². The molecule has 2 rings (SSSR count). The third-order valence-electron chi connectivity index (χ3n) is 3.84. The highest BCUT2D eigenvalue weighted by Gasteiger charge is 2.23. The molecule has 0 aliphatic rings. The molecule has 24 heavy (non-hydrogen) atoms. The summed E-state index contributed by atoms with van der Waals surface area (Å²) in [6.45, 7) is 8.09. The maximum absolute atomic E-state index is 12.7. The van der Waals surface area contributed by atoms with Gasteiger partial charge in [-0.1, -0.05) is 20.3 Å². The van der Waals surface area contributed by atoms with Crippen LogP contribution < -0.4 is 10.1 Å². The van der Waals surface area contributed by atoms with E-state index in [-0.39, 0.29) is 11.9 Å². The predicted molar refractivity (Wildman–Crippen MR) is 96.1 cm³/mol. The number of nitrogens with zero attached hydrogens (tertiary/aromatic N) is 2. The predicted octanol–water partition coefficient (Wildman–Crippen LogP) is 3.53. The lowest BCUT2D eigenvalue weighted by Crippen LogP contribution is -2.31. The van der Waals surface area contributed by atoms with Crippen molar-refractivity contribution in [3.05, 3.63) is 41.2 Å². The van der Waals surface area contributed by atoms with E-state index in [1.807, 2.05) is 42.8 Å². The lowest BCUT2D eigenvalue weighted by atomic mass is 10.1. The van der Waals surface area contributed by atoms with E-state index in [9.17, 15) is 4.79 Å². The summed E-state index contributed by atoms with van der Waals surface area (Å²) in [7, 11) is 1.65. The summed E-state index contributed by atoms with van der Waals surface area (Å²) in [5.74, 6) is 0.764. The van der Waals surface area contributed by atoms with Crippen molar-refractivity contribution >= 4 is 5.91 Å². The molecule has 0 spiro atoms. The Balaban J connectivity index is 2.53. The first-order valence-corrected chi connectivity index (χ1v) is 8.57. The SMILES string of the molecule is CCCc1nn(-c2ccc(OC)cc2)c(CC)c1C(=O)NC(C)C. The van der Waals surface area contributed by atoms with Gasteiger partial charge in [-0.3, -0.25) is 4.79 Å². The van der Waals surface area contributed by atoms with Crippen molar-refractivity contribution in [1.82, 2.24) is 15.1 Å². The lowest BCUT2D eigenvalue weighted by molar-refractivity contribution is 0.0941. The molecule has 0 unspecified atom stereocenters. The minimum Gasteiger partial charge on any atom is -0.497 e. The zero-order chi connectivity index (χ0) is 17.7. The largest absolute Gasteiger partial charge is 0.497 e. The van der Waals surface area contributed by atoms with E-state index in [1.165, 1.54) is 0 Å². The number of hydrogen-bond acceptors (Lipinski definition) is 3. The van der Waals surface area contributed by atoms with Gasteiger partial charge in [0.15, 0.2) is 0 Å². The third kappa shape index (κ3) is 3.78. The van der Waals surface area contributed by atoms with E-state index in [0.717, 1.165) is 47.7 Å². The summed E-state index contributed by atoms with van der Waals surface area (Å²) in [6.07, 6.45) is 2.48. The van der Waals surface area contributed by atoms with Crippen molar-refractivity contribution in [3.63, 3.8) is 0 Å². The highest BCUT2D eigenvalue weighted by Crippen LogP contribution is 2.23. The third-order valence-corrected chi connectivity index (χ3v) is 3.84. The molecule has 5 nitrogen and oxygen atoms in total. The first-order chi connectivity index (χ1) is 11.5.